The van der Waals surface area contributed by atoms with Crippen molar-refractivity contribution < 1.29 is 18.3 Å². The second-order valence-corrected chi connectivity index (χ2v) is 4.54. The van der Waals surface area contributed by atoms with Crippen LogP contribution in [-0.4, -0.2) is 19.3 Å². The van der Waals surface area contributed by atoms with Gasteiger partial charge < -0.3 is 13.9 Å². The zero-order valence-corrected chi connectivity index (χ0v) is 10.5. The Bertz CT molecular complexity index is 530. The van der Waals surface area contributed by atoms with Gasteiger partial charge in [-0.05, 0) is 37.1 Å². The maximum Gasteiger partial charge on any atom is 0.166 e. The molecule has 1 aliphatic rings. The van der Waals surface area contributed by atoms with E-state index >= 15 is 0 Å². The molecule has 0 bridgehead atoms. The first-order valence-electron chi connectivity index (χ1n) is 6.41. The lowest BCUT2D eigenvalue weighted by Crippen LogP contribution is -2.17. The van der Waals surface area contributed by atoms with E-state index in [0.717, 1.165) is 19.4 Å². The molecule has 1 saturated heterocycles. The summed E-state index contributed by atoms with van der Waals surface area (Å²) in [7, 11) is 0. The zero-order chi connectivity index (χ0) is 13.1. The molecule has 0 radical (unpaired) electrons. The highest BCUT2D eigenvalue weighted by atomic mass is 19.1. The van der Waals surface area contributed by atoms with Gasteiger partial charge in [0, 0.05) is 6.61 Å². The molecule has 1 fully saturated rings. The maximum atomic E-state index is 13.9. The molecule has 0 aliphatic carbocycles. The molecular formula is C15H15FO3. The normalized spacial score (nSPS) is 18.7. The summed E-state index contributed by atoms with van der Waals surface area (Å²) >= 11 is 0. The van der Waals surface area contributed by atoms with Gasteiger partial charge in [-0.3, -0.25) is 0 Å². The van der Waals surface area contributed by atoms with Gasteiger partial charge in [-0.25, -0.2) is 4.39 Å². The highest BCUT2D eigenvalue weighted by Gasteiger charge is 2.19. The molecule has 0 saturated carbocycles. The summed E-state index contributed by atoms with van der Waals surface area (Å²) in [5.74, 6) is 0.446. The number of ether oxygens (including phenoxy) is 2. The van der Waals surface area contributed by atoms with Gasteiger partial charge >= 0.3 is 0 Å². The largest absolute Gasteiger partial charge is 0.487 e. The third kappa shape index (κ3) is 2.63. The second kappa shape index (κ2) is 5.45. The summed E-state index contributed by atoms with van der Waals surface area (Å²) in [6.07, 6.45) is 3.62. The Balaban J connectivity index is 1.82. The van der Waals surface area contributed by atoms with Gasteiger partial charge in [-0.1, -0.05) is 6.07 Å². The van der Waals surface area contributed by atoms with Crippen molar-refractivity contribution >= 4 is 0 Å². The fraction of sp³-hybridized carbons (Fsp3) is 0.333. The first-order chi connectivity index (χ1) is 9.34. The van der Waals surface area contributed by atoms with Crippen LogP contribution in [0.15, 0.2) is 41.0 Å². The minimum atomic E-state index is -0.383. The van der Waals surface area contributed by atoms with E-state index in [2.05, 4.69) is 0 Å². The van der Waals surface area contributed by atoms with Gasteiger partial charge in [-0.2, -0.15) is 0 Å². The predicted octanol–water partition coefficient (Wildman–Crippen LogP) is 3.64. The summed E-state index contributed by atoms with van der Waals surface area (Å²) < 4.78 is 30.3. The fourth-order valence-corrected chi connectivity index (χ4v) is 2.23. The van der Waals surface area contributed by atoms with Crippen LogP contribution in [0.4, 0.5) is 4.39 Å². The monoisotopic (exact) mass is 262 g/mol. The van der Waals surface area contributed by atoms with E-state index < -0.39 is 0 Å². The third-order valence-electron chi connectivity index (χ3n) is 3.19. The molecule has 0 amide bonds. The SMILES string of the molecule is Fc1cccc(-c2ccco2)c1OCC1CCCO1. The molecule has 0 N–H and O–H groups in total. The molecule has 1 unspecified atom stereocenters. The van der Waals surface area contributed by atoms with Gasteiger partial charge in [0.1, 0.15) is 12.4 Å². The van der Waals surface area contributed by atoms with Crippen molar-refractivity contribution in [3.8, 4) is 17.1 Å². The number of rotatable bonds is 4. The molecule has 3 rings (SSSR count). The van der Waals surface area contributed by atoms with Crippen molar-refractivity contribution in [3.63, 3.8) is 0 Å². The smallest absolute Gasteiger partial charge is 0.166 e. The van der Waals surface area contributed by atoms with Crippen LogP contribution in [0.1, 0.15) is 12.8 Å². The van der Waals surface area contributed by atoms with Crippen molar-refractivity contribution in [3.05, 3.63) is 42.4 Å². The number of para-hydroxylation sites is 1. The summed E-state index contributed by atoms with van der Waals surface area (Å²) in [6.45, 7) is 1.13. The van der Waals surface area contributed by atoms with E-state index in [-0.39, 0.29) is 17.7 Å². The number of hydrogen-bond acceptors (Lipinski definition) is 3. The molecule has 4 heteroatoms. The minimum absolute atomic E-state index is 0.0593. The van der Waals surface area contributed by atoms with Crippen molar-refractivity contribution in [2.75, 3.05) is 13.2 Å². The number of furan rings is 1. The van der Waals surface area contributed by atoms with Gasteiger partial charge in [0.2, 0.25) is 0 Å². The van der Waals surface area contributed by atoms with Crippen LogP contribution in [0.25, 0.3) is 11.3 Å². The Kier molecular flexibility index (Phi) is 3.51. The topological polar surface area (TPSA) is 31.6 Å². The first-order valence-corrected chi connectivity index (χ1v) is 6.41. The van der Waals surface area contributed by atoms with Crippen LogP contribution >= 0.6 is 0 Å². The van der Waals surface area contributed by atoms with E-state index in [4.69, 9.17) is 13.9 Å². The summed E-state index contributed by atoms with van der Waals surface area (Å²) in [6, 6.07) is 8.37. The molecule has 100 valence electrons. The van der Waals surface area contributed by atoms with Crippen molar-refractivity contribution in [1.82, 2.24) is 0 Å². The first kappa shape index (κ1) is 12.2. The molecule has 1 aromatic carbocycles. The molecule has 1 aromatic heterocycles. The molecule has 2 heterocycles. The number of benzene rings is 1. The van der Waals surface area contributed by atoms with Crippen LogP contribution in [0.3, 0.4) is 0 Å². The Morgan fingerprint density at radius 2 is 2.21 bits per heavy atom. The molecular weight excluding hydrogens is 247 g/mol. The average molecular weight is 262 g/mol. The van der Waals surface area contributed by atoms with E-state index in [1.807, 2.05) is 0 Å². The Morgan fingerprint density at radius 3 is 2.95 bits per heavy atom. The minimum Gasteiger partial charge on any atom is -0.487 e. The Morgan fingerprint density at radius 1 is 1.26 bits per heavy atom. The number of halogens is 1. The van der Waals surface area contributed by atoms with Gasteiger partial charge in [-0.15, -0.1) is 0 Å². The second-order valence-electron chi connectivity index (χ2n) is 4.54. The standard InChI is InChI=1S/C15H15FO3/c16-13-6-1-5-12(14-7-3-9-18-14)15(13)19-10-11-4-2-8-17-11/h1,3,5-7,9,11H,2,4,8,10H2. The summed E-state index contributed by atoms with van der Waals surface area (Å²) in [4.78, 5) is 0. The van der Waals surface area contributed by atoms with Crippen LogP contribution in [0.2, 0.25) is 0 Å². The molecule has 2 aromatic rings. The summed E-state index contributed by atoms with van der Waals surface area (Å²) in [5, 5.41) is 0. The van der Waals surface area contributed by atoms with Crippen molar-refractivity contribution in [2.45, 2.75) is 18.9 Å². The average Bonchev–Trinajstić information content (AvgIpc) is 3.10. The van der Waals surface area contributed by atoms with E-state index in [0.29, 0.717) is 17.9 Å². The Hall–Kier alpha value is -1.81. The fourth-order valence-electron chi connectivity index (χ4n) is 2.23. The lowest BCUT2D eigenvalue weighted by Gasteiger charge is -2.14. The summed E-state index contributed by atoms with van der Waals surface area (Å²) in [5.41, 5.74) is 0.628. The lowest BCUT2D eigenvalue weighted by atomic mass is 10.1. The van der Waals surface area contributed by atoms with Gasteiger partial charge in [0.15, 0.2) is 11.6 Å². The van der Waals surface area contributed by atoms with Crippen molar-refractivity contribution in [1.29, 1.82) is 0 Å². The third-order valence-corrected chi connectivity index (χ3v) is 3.19. The van der Waals surface area contributed by atoms with Crippen LogP contribution in [0.5, 0.6) is 5.75 Å². The quantitative estimate of drug-likeness (QED) is 0.843. The maximum absolute atomic E-state index is 13.9. The molecule has 0 spiro atoms. The van der Waals surface area contributed by atoms with E-state index in [1.165, 1.54) is 6.07 Å². The van der Waals surface area contributed by atoms with Gasteiger partial charge in [0.25, 0.3) is 0 Å². The molecule has 19 heavy (non-hydrogen) atoms. The molecule has 1 aliphatic heterocycles. The Labute approximate surface area is 110 Å². The highest BCUT2D eigenvalue weighted by Crippen LogP contribution is 2.33. The van der Waals surface area contributed by atoms with Crippen LogP contribution in [-0.2, 0) is 4.74 Å². The molecule has 1 atom stereocenters. The molecule has 3 nitrogen and oxygen atoms in total. The highest BCUT2D eigenvalue weighted by molar-refractivity contribution is 5.65. The van der Waals surface area contributed by atoms with Crippen molar-refractivity contribution in [2.24, 2.45) is 0 Å². The van der Waals surface area contributed by atoms with Crippen LogP contribution < -0.4 is 4.74 Å². The van der Waals surface area contributed by atoms with Gasteiger partial charge in [0.05, 0.1) is 17.9 Å². The predicted molar refractivity (Wildman–Crippen MR) is 68.6 cm³/mol. The number of hydrogen-bond donors (Lipinski definition) is 0. The van der Waals surface area contributed by atoms with E-state index in [9.17, 15) is 4.39 Å². The lowest BCUT2D eigenvalue weighted by molar-refractivity contribution is 0.0667. The van der Waals surface area contributed by atoms with Crippen LogP contribution in [0, 0.1) is 5.82 Å². The zero-order valence-electron chi connectivity index (χ0n) is 10.5. The van der Waals surface area contributed by atoms with E-state index in [1.54, 1.807) is 30.5 Å².